The van der Waals surface area contributed by atoms with Crippen molar-refractivity contribution in [3.63, 3.8) is 0 Å². The van der Waals surface area contributed by atoms with Crippen LogP contribution in [-0.4, -0.2) is 24.5 Å². The molecule has 1 aliphatic rings. The molecule has 0 spiro atoms. The average Bonchev–Trinajstić information content (AvgIpc) is 3.09. The highest BCUT2D eigenvalue weighted by Crippen LogP contribution is 2.24. The Morgan fingerprint density at radius 3 is 2.76 bits per heavy atom. The first-order chi connectivity index (χ1) is 10.3. The Balaban J connectivity index is 1.79. The third kappa shape index (κ3) is 2.05. The second kappa shape index (κ2) is 4.84. The number of benzene rings is 1. The molecule has 0 atom stereocenters. The van der Waals surface area contributed by atoms with Gasteiger partial charge in [-0.25, -0.2) is 0 Å². The third-order valence-corrected chi connectivity index (χ3v) is 4.11. The smallest absolute Gasteiger partial charge is 0.167 e. The lowest BCUT2D eigenvalue weighted by Crippen LogP contribution is -2.04. The van der Waals surface area contributed by atoms with E-state index in [-0.39, 0.29) is 0 Å². The largest absolute Gasteiger partial charge is 0.306 e. The molecule has 0 saturated carbocycles. The lowest BCUT2D eigenvalue weighted by atomic mass is 10.0. The van der Waals surface area contributed by atoms with E-state index in [4.69, 9.17) is 0 Å². The van der Waals surface area contributed by atoms with E-state index in [1.165, 1.54) is 11.1 Å². The van der Waals surface area contributed by atoms with E-state index in [0.717, 1.165) is 43.1 Å². The van der Waals surface area contributed by atoms with Gasteiger partial charge in [0, 0.05) is 19.2 Å². The van der Waals surface area contributed by atoms with Gasteiger partial charge in [-0.2, -0.15) is 5.10 Å². The highest BCUT2D eigenvalue weighted by Gasteiger charge is 2.19. The van der Waals surface area contributed by atoms with Gasteiger partial charge in [0.15, 0.2) is 5.82 Å². The molecular weight excluding hydrogens is 262 g/mol. The van der Waals surface area contributed by atoms with Gasteiger partial charge in [-0.15, -0.1) is 10.2 Å². The van der Waals surface area contributed by atoms with Gasteiger partial charge in [0.25, 0.3) is 0 Å². The van der Waals surface area contributed by atoms with Crippen LogP contribution in [0.15, 0.2) is 36.7 Å². The van der Waals surface area contributed by atoms with Crippen molar-refractivity contribution in [2.45, 2.75) is 32.9 Å². The molecule has 5 heteroatoms. The monoisotopic (exact) mass is 279 g/mol. The van der Waals surface area contributed by atoms with Gasteiger partial charge in [0.2, 0.25) is 0 Å². The van der Waals surface area contributed by atoms with Crippen molar-refractivity contribution in [3.05, 3.63) is 53.6 Å². The van der Waals surface area contributed by atoms with Crippen LogP contribution in [0.3, 0.4) is 0 Å². The number of aryl methyl sites for hydroxylation is 3. The molecule has 0 saturated heterocycles. The molecule has 0 fully saturated rings. The van der Waals surface area contributed by atoms with Crippen LogP contribution < -0.4 is 0 Å². The van der Waals surface area contributed by atoms with E-state index in [2.05, 4.69) is 51.1 Å². The number of nitrogens with zero attached hydrogens (tertiary/aromatic N) is 5. The molecule has 21 heavy (non-hydrogen) atoms. The van der Waals surface area contributed by atoms with Crippen LogP contribution in [0.5, 0.6) is 0 Å². The van der Waals surface area contributed by atoms with E-state index in [9.17, 15) is 0 Å². The summed E-state index contributed by atoms with van der Waals surface area (Å²) >= 11 is 0. The van der Waals surface area contributed by atoms with E-state index in [0.29, 0.717) is 0 Å². The second-order valence-corrected chi connectivity index (χ2v) is 5.38. The molecule has 3 heterocycles. The van der Waals surface area contributed by atoms with Crippen molar-refractivity contribution in [3.8, 4) is 11.4 Å². The number of aromatic nitrogens is 5. The van der Waals surface area contributed by atoms with E-state index in [1.807, 2.05) is 17.1 Å². The fourth-order valence-electron chi connectivity index (χ4n) is 2.92. The summed E-state index contributed by atoms with van der Waals surface area (Å²) in [5.74, 6) is 1.98. The molecule has 0 radical (unpaired) electrons. The fraction of sp³-hybridized carbons (Fsp3) is 0.312. The van der Waals surface area contributed by atoms with Gasteiger partial charge < -0.3 is 4.57 Å². The van der Waals surface area contributed by atoms with Crippen LogP contribution in [0.2, 0.25) is 0 Å². The summed E-state index contributed by atoms with van der Waals surface area (Å²) in [7, 11) is 0. The SMILES string of the molecule is CCn1cc(-c2nnc3n2Cc2ccccc2CC3)cn1. The topological polar surface area (TPSA) is 48.5 Å². The van der Waals surface area contributed by atoms with Crippen molar-refractivity contribution in [1.29, 1.82) is 0 Å². The minimum Gasteiger partial charge on any atom is -0.306 e. The summed E-state index contributed by atoms with van der Waals surface area (Å²) in [5.41, 5.74) is 3.81. The first kappa shape index (κ1) is 12.3. The zero-order valence-corrected chi connectivity index (χ0v) is 12.0. The van der Waals surface area contributed by atoms with Crippen molar-refractivity contribution in [2.24, 2.45) is 0 Å². The van der Waals surface area contributed by atoms with Gasteiger partial charge >= 0.3 is 0 Å². The van der Waals surface area contributed by atoms with Crippen molar-refractivity contribution in [1.82, 2.24) is 24.5 Å². The highest BCUT2D eigenvalue weighted by atomic mass is 15.3. The molecule has 0 N–H and O–H groups in total. The van der Waals surface area contributed by atoms with Crippen molar-refractivity contribution in [2.75, 3.05) is 0 Å². The normalized spacial score (nSPS) is 13.6. The summed E-state index contributed by atoms with van der Waals surface area (Å²) in [5, 5.41) is 13.1. The van der Waals surface area contributed by atoms with Crippen LogP contribution in [0.4, 0.5) is 0 Å². The molecule has 0 aliphatic carbocycles. The molecule has 1 aliphatic heterocycles. The maximum Gasteiger partial charge on any atom is 0.167 e. The number of fused-ring (bicyclic) bond motifs is 2. The standard InChI is InChI=1S/C16H17N5/c1-2-20-10-14(9-17-20)16-19-18-15-8-7-12-5-3-4-6-13(12)11-21(15)16/h3-6,9-10H,2,7-8,11H2,1H3. The minimum absolute atomic E-state index is 0.838. The number of hydrogen-bond donors (Lipinski definition) is 0. The van der Waals surface area contributed by atoms with Gasteiger partial charge in [-0.3, -0.25) is 4.68 Å². The lowest BCUT2D eigenvalue weighted by Gasteiger charge is -2.08. The average molecular weight is 279 g/mol. The fourth-order valence-corrected chi connectivity index (χ4v) is 2.92. The van der Waals surface area contributed by atoms with Crippen LogP contribution >= 0.6 is 0 Å². The number of hydrogen-bond acceptors (Lipinski definition) is 3. The zero-order chi connectivity index (χ0) is 14.2. The molecule has 1 aromatic carbocycles. The molecule has 0 unspecified atom stereocenters. The molecule has 0 amide bonds. The molecule has 2 aromatic heterocycles. The summed E-state index contributed by atoms with van der Waals surface area (Å²) in [6, 6.07) is 8.62. The van der Waals surface area contributed by atoms with Crippen molar-refractivity contribution < 1.29 is 0 Å². The Kier molecular flexibility index (Phi) is 2.84. The first-order valence-electron chi connectivity index (χ1n) is 7.37. The molecular formula is C16H17N5. The maximum atomic E-state index is 4.39. The highest BCUT2D eigenvalue weighted by molar-refractivity contribution is 5.53. The maximum absolute atomic E-state index is 4.39. The van der Waals surface area contributed by atoms with Gasteiger partial charge in [0.1, 0.15) is 5.82 Å². The molecule has 4 rings (SSSR count). The van der Waals surface area contributed by atoms with Crippen molar-refractivity contribution >= 4 is 0 Å². The quantitative estimate of drug-likeness (QED) is 0.723. The zero-order valence-electron chi connectivity index (χ0n) is 12.0. The molecule has 0 bridgehead atoms. The Bertz CT molecular complexity index is 784. The molecule has 106 valence electrons. The Morgan fingerprint density at radius 1 is 1.10 bits per heavy atom. The number of rotatable bonds is 2. The second-order valence-electron chi connectivity index (χ2n) is 5.38. The van der Waals surface area contributed by atoms with Crippen LogP contribution in [-0.2, 0) is 25.9 Å². The molecule has 5 nitrogen and oxygen atoms in total. The van der Waals surface area contributed by atoms with E-state index < -0.39 is 0 Å². The summed E-state index contributed by atoms with van der Waals surface area (Å²) in [4.78, 5) is 0. The van der Waals surface area contributed by atoms with Gasteiger partial charge in [0.05, 0.1) is 18.3 Å². The van der Waals surface area contributed by atoms with Crippen LogP contribution in [0.25, 0.3) is 11.4 Å². The summed E-state index contributed by atoms with van der Waals surface area (Å²) in [6.45, 7) is 3.78. The third-order valence-electron chi connectivity index (χ3n) is 4.11. The predicted molar refractivity (Wildman–Crippen MR) is 79.9 cm³/mol. The van der Waals surface area contributed by atoms with Gasteiger partial charge in [-0.1, -0.05) is 24.3 Å². The van der Waals surface area contributed by atoms with Gasteiger partial charge in [-0.05, 0) is 24.5 Å². The Hall–Kier alpha value is -2.43. The van der Waals surface area contributed by atoms with E-state index in [1.54, 1.807) is 0 Å². The van der Waals surface area contributed by atoms with Crippen LogP contribution in [0.1, 0.15) is 23.9 Å². The molecule has 3 aromatic rings. The summed E-state index contributed by atoms with van der Waals surface area (Å²) in [6.07, 6.45) is 5.88. The first-order valence-corrected chi connectivity index (χ1v) is 7.37. The predicted octanol–water partition coefficient (Wildman–Crippen LogP) is 2.31. The Labute approximate surface area is 123 Å². The lowest BCUT2D eigenvalue weighted by molar-refractivity contribution is 0.660. The Morgan fingerprint density at radius 2 is 1.95 bits per heavy atom. The van der Waals surface area contributed by atoms with Crippen LogP contribution in [0, 0.1) is 0 Å². The minimum atomic E-state index is 0.838. The van der Waals surface area contributed by atoms with E-state index >= 15 is 0 Å². The summed E-state index contributed by atoms with van der Waals surface area (Å²) < 4.78 is 4.14.